The van der Waals surface area contributed by atoms with E-state index in [1.807, 2.05) is 6.92 Å². The van der Waals surface area contributed by atoms with Gasteiger partial charge in [-0.05, 0) is 31.0 Å². The fraction of sp³-hybridized carbons (Fsp3) is 0.462. The summed E-state index contributed by atoms with van der Waals surface area (Å²) in [5.74, 6) is -0.592. The number of esters is 1. The molecular weight excluding hydrogens is 296 g/mol. The molecule has 1 atom stereocenters. The van der Waals surface area contributed by atoms with Gasteiger partial charge < -0.3 is 15.6 Å². The van der Waals surface area contributed by atoms with Crippen molar-refractivity contribution in [2.24, 2.45) is 0 Å². The van der Waals surface area contributed by atoms with Crippen molar-refractivity contribution < 1.29 is 23.1 Å². The monoisotopic (exact) mass is 316 g/mol. The number of benzene rings is 1. The van der Waals surface area contributed by atoms with Crippen molar-refractivity contribution in [3.8, 4) is 0 Å². The van der Waals surface area contributed by atoms with Gasteiger partial charge in [-0.15, -0.1) is 0 Å². The Labute approximate surface area is 124 Å². The smallest absolute Gasteiger partial charge is 0.337 e. The Morgan fingerprint density at radius 2 is 2.14 bits per heavy atom. The lowest BCUT2D eigenvalue weighted by molar-refractivity contribution is 0.0600. The number of carbonyl (C=O) groups excluding carboxylic acids is 1. The summed E-state index contributed by atoms with van der Waals surface area (Å²) < 4.78 is 31.5. The first-order valence-electron chi connectivity index (χ1n) is 6.46. The van der Waals surface area contributed by atoms with Crippen LogP contribution in [-0.4, -0.2) is 39.3 Å². The maximum Gasteiger partial charge on any atom is 0.337 e. The van der Waals surface area contributed by atoms with E-state index in [0.717, 1.165) is 0 Å². The number of sulfonamides is 1. The number of nitrogens with one attached hydrogen (secondary N) is 1. The normalized spacial score (nSPS) is 12.9. The molecule has 7 nitrogen and oxygen atoms in total. The number of methoxy groups -OCH3 is 1. The van der Waals surface area contributed by atoms with Crippen molar-refractivity contribution >= 4 is 21.7 Å². The Morgan fingerprint density at radius 1 is 1.48 bits per heavy atom. The van der Waals surface area contributed by atoms with Gasteiger partial charge in [-0.3, -0.25) is 0 Å². The van der Waals surface area contributed by atoms with Crippen LogP contribution in [0.15, 0.2) is 23.1 Å². The molecule has 0 spiro atoms. The zero-order valence-corrected chi connectivity index (χ0v) is 12.8. The molecule has 21 heavy (non-hydrogen) atoms. The van der Waals surface area contributed by atoms with E-state index in [0.29, 0.717) is 12.8 Å². The minimum absolute atomic E-state index is 0.0377. The maximum absolute atomic E-state index is 12.3. The Bertz CT molecular complexity index is 601. The van der Waals surface area contributed by atoms with E-state index in [2.05, 4.69) is 9.46 Å². The van der Waals surface area contributed by atoms with Gasteiger partial charge in [-0.25, -0.2) is 17.9 Å². The second-order valence-corrected chi connectivity index (χ2v) is 6.17. The first-order valence-corrected chi connectivity index (χ1v) is 7.95. The van der Waals surface area contributed by atoms with E-state index >= 15 is 0 Å². The number of aliphatic hydroxyl groups is 1. The number of hydrogen-bond acceptors (Lipinski definition) is 6. The molecule has 0 radical (unpaired) electrons. The molecule has 0 aliphatic rings. The van der Waals surface area contributed by atoms with Crippen LogP contribution in [0.3, 0.4) is 0 Å². The van der Waals surface area contributed by atoms with E-state index in [4.69, 9.17) is 10.8 Å². The number of nitrogen functional groups attached to an aromatic ring is 1. The number of aliphatic hydroxyl groups excluding tert-OH is 1. The summed E-state index contributed by atoms with van der Waals surface area (Å²) in [4.78, 5) is 11.3. The molecule has 0 fully saturated rings. The average molecular weight is 316 g/mol. The van der Waals surface area contributed by atoms with Crippen LogP contribution >= 0.6 is 0 Å². The van der Waals surface area contributed by atoms with Gasteiger partial charge in [0.2, 0.25) is 10.0 Å². The average Bonchev–Trinajstić information content (AvgIpc) is 2.45. The summed E-state index contributed by atoms with van der Waals surface area (Å²) >= 11 is 0. The van der Waals surface area contributed by atoms with Crippen molar-refractivity contribution in [1.82, 2.24) is 4.72 Å². The molecule has 1 unspecified atom stereocenters. The van der Waals surface area contributed by atoms with E-state index in [1.165, 1.54) is 25.3 Å². The van der Waals surface area contributed by atoms with Gasteiger partial charge in [-0.1, -0.05) is 6.92 Å². The lowest BCUT2D eigenvalue weighted by Gasteiger charge is -2.17. The van der Waals surface area contributed by atoms with Crippen LogP contribution in [-0.2, 0) is 14.8 Å². The zero-order valence-electron chi connectivity index (χ0n) is 12.0. The van der Waals surface area contributed by atoms with Crippen molar-refractivity contribution in [2.45, 2.75) is 30.7 Å². The summed E-state index contributed by atoms with van der Waals surface area (Å²) in [6.07, 6.45) is 0.857. The van der Waals surface area contributed by atoms with Crippen molar-refractivity contribution in [3.05, 3.63) is 23.8 Å². The number of nitrogens with two attached hydrogens (primary N) is 1. The molecule has 8 heteroatoms. The predicted octanol–water partition coefficient (Wildman–Crippen LogP) is 0.495. The number of carbonyl (C=O) groups is 1. The van der Waals surface area contributed by atoms with Crippen molar-refractivity contribution in [1.29, 1.82) is 0 Å². The molecule has 0 saturated carbocycles. The third-order valence-electron chi connectivity index (χ3n) is 3.01. The minimum Gasteiger partial charge on any atom is -0.465 e. The quantitative estimate of drug-likeness (QED) is 0.498. The number of hydrogen-bond donors (Lipinski definition) is 3. The fourth-order valence-corrected chi connectivity index (χ4v) is 3.29. The molecule has 0 bridgehead atoms. The highest BCUT2D eigenvalue weighted by Crippen LogP contribution is 2.21. The SMILES string of the molecule is CCC(CCO)NS(=O)(=O)c1ccc(C(=O)OC)cc1N. The molecule has 4 N–H and O–H groups in total. The van der Waals surface area contributed by atoms with Gasteiger partial charge in [0.15, 0.2) is 0 Å². The number of rotatable bonds is 7. The molecular formula is C13H20N2O5S. The molecule has 0 aliphatic heterocycles. The summed E-state index contributed by atoms with van der Waals surface area (Å²) in [6, 6.07) is 3.48. The fourth-order valence-electron chi connectivity index (χ4n) is 1.82. The van der Waals surface area contributed by atoms with E-state index in [1.54, 1.807) is 0 Å². The Hall–Kier alpha value is -1.64. The first-order chi connectivity index (χ1) is 9.85. The van der Waals surface area contributed by atoms with Crippen LogP contribution in [0.4, 0.5) is 5.69 Å². The maximum atomic E-state index is 12.3. The van der Waals surface area contributed by atoms with Crippen LogP contribution < -0.4 is 10.5 Å². The topological polar surface area (TPSA) is 119 Å². The lowest BCUT2D eigenvalue weighted by atomic mass is 10.2. The summed E-state index contributed by atoms with van der Waals surface area (Å²) in [5.41, 5.74) is 5.85. The predicted molar refractivity (Wildman–Crippen MR) is 78.3 cm³/mol. The molecule has 0 heterocycles. The van der Waals surface area contributed by atoms with Gasteiger partial charge in [0, 0.05) is 12.6 Å². The van der Waals surface area contributed by atoms with Gasteiger partial charge in [0.05, 0.1) is 18.4 Å². The van der Waals surface area contributed by atoms with Gasteiger partial charge in [-0.2, -0.15) is 0 Å². The minimum atomic E-state index is -3.81. The van der Waals surface area contributed by atoms with Gasteiger partial charge in [0.1, 0.15) is 4.90 Å². The third kappa shape index (κ3) is 4.42. The van der Waals surface area contributed by atoms with Crippen LogP contribution in [0.2, 0.25) is 0 Å². The Balaban J connectivity index is 3.06. The van der Waals surface area contributed by atoms with E-state index < -0.39 is 16.0 Å². The van der Waals surface area contributed by atoms with Crippen LogP contribution in [0.25, 0.3) is 0 Å². The molecule has 0 aromatic heterocycles. The summed E-state index contributed by atoms with van der Waals surface area (Å²) in [7, 11) is -2.58. The summed E-state index contributed by atoms with van der Waals surface area (Å²) in [6.45, 7) is 1.70. The van der Waals surface area contributed by atoms with Crippen LogP contribution in [0, 0.1) is 0 Å². The van der Waals surface area contributed by atoms with Crippen molar-refractivity contribution in [3.63, 3.8) is 0 Å². The lowest BCUT2D eigenvalue weighted by Crippen LogP contribution is -2.35. The molecule has 1 aromatic rings. The molecule has 118 valence electrons. The largest absolute Gasteiger partial charge is 0.465 e. The van der Waals surface area contributed by atoms with E-state index in [9.17, 15) is 13.2 Å². The Kier molecular flexibility index (Phi) is 6.13. The Morgan fingerprint density at radius 3 is 2.62 bits per heavy atom. The highest BCUT2D eigenvalue weighted by Gasteiger charge is 2.22. The first kappa shape index (κ1) is 17.4. The standard InChI is InChI=1S/C13H20N2O5S/c1-3-10(6-7-16)15-21(18,19)12-5-4-9(8-11(12)14)13(17)20-2/h4-5,8,10,15-16H,3,6-7,14H2,1-2H3. The van der Waals surface area contributed by atoms with Gasteiger partial charge >= 0.3 is 5.97 Å². The molecule has 1 rings (SSSR count). The van der Waals surface area contributed by atoms with E-state index in [-0.39, 0.29) is 28.8 Å². The summed E-state index contributed by atoms with van der Waals surface area (Å²) in [5, 5.41) is 8.90. The molecule has 0 amide bonds. The number of anilines is 1. The van der Waals surface area contributed by atoms with Crippen LogP contribution in [0.1, 0.15) is 30.1 Å². The highest BCUT2D eigenvalue weighted by atomic mass is 32.2. The van der Waals surface area contributed by atoms with Gasteiger partial charge in [0.25, 0.3) is 0 Å². The molecule has 1 aromatic carbocycles. The highest BCUT2D eigenvalue weighted by molar-refractivity contribution is 7.89. The second kappa shape index (κ2) is 7.39. The zero-order chi connectivity index (χ0) is 16.0. The van der Waals surface area contributed by atoms with Crippen molar-refractivity contribution in [2.75, 3.05) is 19.5 Å². The second-order valence-electron chi connectivity index (χ2n) is 4.48. The number of ether oxygens (including phenoxy) is 1. The van der Waals surface area contributed by atoms with Crippen LogP contribution in [0.5, 0.6) is 0 Å². The third-order valence-corrected chi connectivity index (χ3v) is 4.61. The molecule has 0 aliphatic carbocycles. The molecule has 0 saturated heterocycles.